The number of anilines is 2. The Morgan fingerprint density at radius 1 is 1.08 bits per heavy atom. The van der Waals surface area contributed by atoms with Crippen molar-refractivity contribution in [2.45, 2.75) is 25.9 Å². The summed E-state index contributed by atoms with van der Waals surface area (Å²) in [6.07, 6.45) is 1.65. The maximum atomic E-state index is 14.0. The number of amides is 1. The predicted molar refractivity (Wildman–Crippen MR) is 146 cm³/mol. The molecule has 0 radical (unpaired) electrons. The van der Waals surface area contributed by atoms with E-state index in [4.69, 9.17) is 32.9 Å². The quantitative estimate of drug-likeness (QED) is 0.283. The third kappa shape index (κ3) is 4.25. The second-order valence-corrected chi connectivity index (χ2v) is 10.2. The molecule has 0 saturated heterocycles. The van der Waals surface area contributed by atoms with Crippen LogP contribution in [0.5, 0.6) is 5.88 Å². The Bertz CT molecular complexity index is 1540. The highest BCUT2D eigenvalue weighted by molar-refractivity contribution is 6.31. The van der Waals surface area contributed by atoms with Gasteiger partial charge >= 0.3 is 0 Å². The molecule has 0 aliphatic carbocycles. The molecule has 0 spiro atoms. The topological polar surface area (TPSA) is 76.4 Å². The highest BCUT2D eigenvalue weighted by Gasteiger charge is 2.45. The SMILES string of the molecule is COc1nc(N(C)C)ncc1-c1nc2c(n1C(C)C)C(c1ccc(Cl)cc1)N(c1ccc(F)c(Cl)c1)C2=O. The molecule has 0 bridgehead atoms. The number of carbonyl (C=O) groups excluding carboxylic acids is 1. The fourth-order valence-corrected chi connectivity index (χ4v) is 4.97. The van der Waals surface area contributed by atoms with Crippen LogP contribution in [0.2, 0.25) is 10.0 Å². The molecule has 3 heterocycles. The first-order valence-corrected chi connectivity index (χ1v) is 12.6. The summed E-state index contributed by atoms with van der Waals surface area (Å²) in [7, 11) is 5.21. The number of fused-ring (bicyclic) bond motifs is 1. The lowest BCUT2D eigenvalue weighted by Crippen LogP contribution is -2.30. The first kappa shape index (κ1) is 25.9. The van der Waals surface area contributed by atoms with Crippen LogP contribution in [-0.4, -0.2) is 46.6 Å². The number of ether oxygens (including phenoxy) is 1. The number of carbonyl (C=O) groups is 1. The van der Waals surface area contributed by atoms with E-state index in [2.05, 4.69) is 9.97 Å². The van der Waals surface area contributed by atoms with Crippen molar-refractivity contribution in [2.75, 3.05) is 31.0 Å². The number of rotatable bonds is 6. The van der Waals surface area contributed by atoms with Crippen molar-refractivity contribution in [3.8, 4) is 17.3 Å². The number of imidazole rings is 1. The zero-order chi connectivity index (χ0) is 27.3. The summed E-state index contributed by atoms with van der Waals surface area (Å²) in [5.74, 6) is 0.425. The Labute approximate surface area is 229 Å². The molecule has 0 N–H and O–H groups in total. The van der Waals surface area contributed by atoms with Crippen LogP contribution in [0.4, 0.5) is 16.0 Å². The minimum absolute atomic E-state index is 0.0787. The van der Waals surface area contributed by atoms with Gasteiger partial charge in [-0.25, -0.2) is 14.4 Å². The molecular formula is C27H25Cl2FN6O2. The van der Waals surface area contributed by atoms with E-state index < -0.39 is 11.9 Å². The summed E-state index contributed by atoms with van der Waals surface area (Å²) in [6, 6.07) is 10.8. The lowest BCUT2D eigenvalue weighted by atomic mass is 10.0. The van der Waals surface area contributed by atoms with Crippen molar-refractivity contribution in [2.24, 2.45) is 0 Å². The fraction of sp³-hybridized carbons (Fsp3) is 0.259. The van der Waals surface area contributed by atoms with E-state index in [1.807, 2.05) is 44.6 Å². The molecule has 2 aromatic heterocycles. The standard InChI is InChI=1S/C27H25Cl2FN6O2/c1-14(2)35-23-21(32-24(35)18-13-31-27(34(3)4)33-25(18)38-5)26(37)36(17-10-11-20(30)19(29)12-17)22(23)15-6-8-16(28)9-7-15/h6-14,22H,1-5H3. The lowest BCUT2D eigenvalue weighted by Gasteiger charge is -2.28. The van der Waals surface area contributed by atoms with Gasteiger partial charge in [0.05, 0.1) is 23.4 Å². The molecule has 196 valence electrons. The molecule has 11 heteroatoms. The van der Waals surface area contributed by atoms with Gasteiger partial charge in [0.1, 0.15) is 17.7 Å². The summed E-state index contributed by atoms with van der Waals surface area (Å²) in [6.45, 7) is 4.02. The van der Waals surface area contributed by atoms with Crippen molar-refractivity contribution in [1.82, 2.24) is 19.5 Å². The number of methoxy groups -OCH3 is 1. The molecular weight excluding hydrogens is 530 g/mol. The minimum atomic E-state index is -0.576. The average Bonchev–Trinajstić information content (AvgIpc) is 3.41. The molecule has 4 aromatic rings. The molecule has 38 heavy (non-hydrogen) atoms. The van der Waals surface area contributed by atoms with Gasteiger partial charge in [-0.3, -0.25) is 9.69 Å². The van der Waals surface area contributed by atoms with Crippen molar-refractivity contribution >= 4 is 40.7 Å². The summed E-state index contributed by atoms with van der Waals surface area (Å²) in [5, 5.41) is 0.487. The molecule has 0 saturated carbocycles. The van der Waals surface area contributed by atoms with Gasteiger partial charge in [-0.2, -0.15) is 4.98 Å². The summed E-state index contributed by atoms with van der Waals surface area (Å²) in [4.78, 5) is 31.1. The Kier molecular flexibility index (Phi) is 6.75. The number of nitrogens with zero attached hydrogens (tertiary/aromatic N) is 6. The van der Waals surface area contributed by atoms with Crippen molar-refractivity contribution in [1.29, 1.82) is 0 Å². The Hall–Kier alpha value is -3.69. The van der Waals surface area contributed by atoms with Gasteiger partial charge < -0.3 is 14.2 Å². The van der Waals surface area contributed by atoms with Crippen LogP contribution in [0.3, 0.4) is 0 Å². The van der Waals surface area contributed by atoms with Gasteiger partial charge in [0.2, 0.25) is 11.8 Å². The molecule has 1 unspecified atom stereocenters. The zero-order valence-corrected chi connectivity index (χ0v) is 22.9. The van der Waals surface area contributed by atoms with Gasteiger partial charge in [-0.15, -0.1) is 0 Å². The smallest absolute Gasteiger partial charge is 0.279 e. The molecule has 1 aliphatic heterocycles. The number of benzene rings is 2. The van der Waals surface area contributed by atoms with E-state index in [0.717, 1.165) is 5.56 Å². The highest BCUT2D eigenvalue weighted by atomic mass is 35.5. The minimum Gasteiger partial charge on any atom is -0.480 e. The van der Waals surface area contributed by atoms with E-state index in [1.165, 1.54) is 25.3 Å². The summed E-state index contributed by atoms with van der Waals surface area (Å²) < 4.78 is 21.6. The van der Waals surface area contributed by atoms with E-state index in [-0.39, 0.29) is 22.7 Å². The fourth-order valence-electron chi connectivity index (χ4n) is 4.67. The molecule has 1 amide bonds. The Morgan fingerprint density at radius 2 is 1.79 bits per heavy atom. The molecule has 1 atom stereocenters. The van der Waals surface area contributed by atoms with Crippen LogP contribution < -0.4 is 14.5 Å². The molecule has 0 fully saturated rings. The van der Waals surface area contributed by atoms with Crippen LogP contribution in [0, 0.1) is 5.82 Å². The number of halogens is 3. The van der Waals surface area contributed by atoms with Crippen molar-refractivity contribution < 1.29 is 13.9 Å². The summed E-state index contributed by atoms with van der Waals surface area (Å²) in [5.41, 5.74) is 2.77. The van der Waals surface area contributed by atoms with E-state index in [9.17, 15) is 9.18 Å². The van der Waals surface area contributed by atoms with Gasteiger partial charge in [-0.05, 0) is 49.7 Å². The van der Waals surface area contributed by atoms with Gasteiger partial charge in [0, 0.05) is 37.0 Å². The van der Waals surface area contributed by atoms with Crippen molar-refractivity contribution in [3.05, 3.63) is 81.5 Å². The molecule has 1 aliphatic rings. The van der Waals surface area contributed by atoms with Gasteiger partial charge in [0.25, 0.3) is 5.91 Å². The van der Waals surface area contributed by atoms with Crippen LogP contribution >= 0.6 is 23.2 Å². The van der Waals surface area contributed by atoms with E-state index >= 15 is 0 Å². The predicted octanol–water partition coefficient (Wildman–Crippen LogP) is 6.19. The number of aromatic nitrogens is 4. The van der Waals surface area contributed by atoms with Crippen molar-refractivity contribution in [3.63, 3.8) is 0 Å². The first-order chi connectivity index (χ1) is 18.1. The maximum absolute atomic E-state index is 14.0. The van der Waals surface area contributed by atoms with Crippen LogP contribution in [0.25, 0.3) is 11.4 Å². The second kappa shape index (κ2) is 9.89. The monoisotopic (exact) mass is 554 g/mol. The Morgan fingerprint density at radius 3 is 2.39 bits per heavy atom. The van der Waals surface area contributed by atoms with E-state index in [0.29, 0.717) is 39.6 Å². The van der Waals surface area contributed by atoms with Gasteiger partial charge in [-0.1, -0.05) is 35.3 Å². The molecule has 2 aromatic carbocycles. The van der Waals surface area contributed by atoms with Gasteiger partial charge in [0.15, 0.2) is 5.69 Å². The normalized spacial score (nSPS) is 14.8. The van der Waals surface area contributed by atoms with Crippen LogP contribution in [0.15, 0.2) is 48.7 Å². The lowest BCUT2D eigenvalue weighted by molar-refractivity contribution is 0.0989. The largest absolute Gasteiger partial charge is 0.480 e. The zero-order valence-electron chi connectivity index (χ0n) is 21.4. The second-order valence-electron chi connectivity index (χ2n) is 9.35. The first-order valence-electron chi connectivity index (χ1n) is 11.9. The highest BCUT2D eigenvalue weighted by Crippen LogP contribution is 2.46. The van der Waals surface area contributed by atoms with E-state index in [1.54, 1.807) is 28.1 Å². The third-order valence-corrected chi connectivity index (χ3v) is 6.89. The molecule has 5 rings (SSSR count). The van der Waals surface area contributed by atoms with Crippen LogP contribution in [-0.2, 0) is 0 Å². The third-order valence-electron chi connectivity index (χ3n) is 6.35. The Balaban J connectivity index is 1.76. The number of hydrogen-bond acceptors (Lipinski definition) is 6. The van der Waals surface area contributed by atoms with Crippen LogP contribution in [0.1, 0.15) is 47.7 Å². The average molecular weight is 555 g/mol. The molecule has 8 nitrogen and oxygen atoms in total. The number of hydrogen-bond donors (Lipinski definition) is 0. The maximum Gasteiger partial charge on any atom is 0.279 e. The summed E-state index contributed by atoms with van der Waals surface area (Å²) >= 11 is 12.3.